The van der Waals surface area contributed by atoms with E-state index in [9.17, 15) is 14.3 Å². The number of pyridine rings is 1. The Morgan fingerprint density at radius 1 is 1.36 bits per heavy atom. The molecule has 1 aliphatic rings. The summed E-state index contributed by atoms with van der Waals surface area (Å²) >= 11 is 0. The number of aromatic hydroxyl groups is 1. The van der Waals surface area contributed by atoms with Gasteiger partial charge in [0, 0.05) is 24.7 Å². The number of carbonyl (C=O) groups excluding carboxylic acids is 1. The fraction of sp³-hybridized carbons (Fsp3) is 0.294. The molecule has 114 valence electrons. The molecule has 1 saturated heterocycles. The van der Waals surface area contributed by atoms with Crippen molar-refractivity contribution >= 4 is 5.91 Å². The number of amides is 1. The molecule has 0 radical (unpaired) electrons. The molecule has 1 amide bonds. The molecule has 4 nitrogen and oxygen atoms in total. The third-order valence-corrected chi connectivity index (χ3v) is 4.07. The average molecular weight is 300 g/mol. The first kappa shape index (κ1) is 14.5. The summed E-state index contributed by atoms with van der Waals surface area (Å²) in [6.45, 7) is 2.98. The lowest BCUT2D eigenvalue weighted by Crippen LogP contribution is -2.28. The lowest BCUT2D eigenvalue weighted by atomic mass is 9.98. The van der Waals surface area contributed by atoms with Crippen LogP contribution in [0.25, 0.3) is 0 Å². The second kappa shape index (κ2) is 5.75. The van der Waals surface area contributed by atoms with E-state index in [2.05, 4.69) is 4.98 Å². The van der Waals surface area contributed by atoms with Crippen molar-refractivity contribution in [3.63, 3.8) is 0 Å². The Kier molecular flexibility index (Phi) is 3.79. The predicted octanol–water partition coefficient (Wildman–Crippen LogP) is 2.86. The van der Waals surface area contributed by atoms with Crippen molar-refractivity contribution in [3.8, 4) is 5.75 Å². The molecule has 0 spiro atoms. The van der Waals surface area contributed by atoms with Gasteiger partial charge in [-0.25, -0.2) is 4.39 Å². The lowest BCUT2D eigenvalue weighted by molar-refractivity contribution is 0.0787. The monoisotopic (exact) mass is 300 g/mol. The molecular formula is C17H17FN2O2. The highest BCUT2D eigenvalue weighted by atomic mass is 19.1. The van der Waals surface area contributed by atoms with E-state index in [0.29, 0.717) is 18.8 Å². The molecule has 5 heteroatoms. The summed E-state index contributed by atoms with van der Waals surface area (Å²) in [4.78, 5) is 18.2. The fourth-order valence-corrected chi connectivity index (χ4v) is 2.85. The first-order valence-electron chi connectivity index (χ1n) is 7.25. The molecule has 0 saturated carbocycles. The van der Waals surface area contributed by atoms with Gasteiger partial charge in [0.25, 0.3) is 5.91 Å². The molecule has 2 heterocycles. The maximum atomic E-state index is 13.0. The molecule has 0 unspecified atom stereocenters. The fourth-order valence-electron chi connectivity index (χ4n) is 2.85. The average Bonchev–Trinajstić information content (AvgIpc) is 2.99. The van der Waals surface area contributed by atoms with E-state index in [0.717, 1.165) is 12.0 Å². The highest BCUT2D eigenvalue weighted by molar-refractivity contribution is 5.97. The number of hydrogen-bond donors (Lipinski definition) is 1. The lowest BCUT2D eigenvalue weighted by Gasteiger charge is -2.17. The van der Waals surface area contributed by atoms with E-state index in [1.165, 1.54) is 18.3 Å². The summed E-state index contributed by atoms with van der Waals surface area (Å²) in [6, 6.07) is 8.02. The van der Waals surface area contributed by atoms with Crippen LogP contribution in [0.1, 0.15) is 34.0 Å². The van der Waals surface area contributed by atoms with Crippen molar-refractivity contribution in [2.24, 2.45) is 0 Å². The zero-order valence-electron chi connectivity index (χ0n) is 12.3. The van der Waals surface area contributed by atoms with Gasteiger partial charge in [0.1, 0.15) is 11.6 Å². The second-order valence-corrected chi connectivity index (χ2v) is 5.63. The summed E-state index contributed by atoms with van der Waals surface area (Å²) in [5, 5.41) is 9.83. The molecule has 0 aliphatic carbocycles. The van der Waals surface area contributed by atoms with E-state index in [4.69, 9.17) is 0 Å². The van der Waals surface area contributed by atoms with Gasteiger partial charge in [-0.15, -0.1) is 0 Å². The number of hydrogen-bond acceptors (Lipinski definition) is 3. The van der Waals surface area contributed by atoms with Crippen molar-refractivity contribution in [2.75, 3.05) is 13.1 Å². The molecule has 1 aromatic carbocycles. The number of halogens is 1. The van der Waals surface area contributed by atoms with Crippen molar-refractivity contribution in [1.29, 1.82) is 0 Å². The Balaban J connectivity index is 1.76. The van der Waals surface area contributed by atoms with Crippen molar-refractivity contribution in [3.05, 3.63) is 59.2 Å². The van der Waals surface area contributed by atoms with Crippen LogP contribution in [0.15, 0.2) is 36.5 Å². The first-order valence-corrected chi connectivity index (χ1v) is 7.25. The topological polar surface area (TPSA) is 53.4 Å². The zero-order chi connectivity index (χ0) is 15.7. The van der Waals surface area contributed by atoms with Crippen LogP contribution in [0.5, 0.6) is 5.75 Å². The van der Waals surface area contributed by atoms with Crippen LogP contribution in [0, 0.1) is 12.7 Å². The predicted molar refractivity (Wildman–Crippen MR) is 80.3 cm³/mol. The molecule has 1 aliphatic heterocycles. The van der Waals surface area contributed by atoms with Gasteiger partial charge >= 0.3 is 0 Å². The van der Waals surface area contributed by atoms with Gasteiger partial charge in [-0.3, -0.25) is 9.78 Å². The minimum Gasteiger partial charge on any atom is -0.505 e. The largest absolute Gasteiger partial charge is 0.505 e. The third-order valence-electron chi connectivity index (χ3n) is 4.07. The molecule has 0 bridgehead atoms. The quantitative estimate of drug-likeness (QED) is 0.928. The summed E-state index contributed by atoms with van der Waals surface area (Å²) in [6.07, 6.45) is 2.14. The Labute approximate surface area is 128 Å². The second-order valence-electron chi connectivity index (χ2n) is 5.63. The van der Waals surface area contributed by atoms with Crippen LogP contribution in [-0.2, 0) is 0 Å². The number of carbonyl (C=O) groups is 1. The Hall–Kier alpha value is -2.43. The molecule has 1 atom stereocenters. The van der Waals surface area contributed by atoms with E-state index in [1.54, 1.807) is 30.0 Å². The standard InChI is InChI=1S/C17H17FN2O2/c1-11-8-15(16(21)9-19-11)17(22)20-7-6-13(10-20)12-2-4-14(18)5-3-12/h2-5,8-9,13,21H,6-7,10H2,1H3/t13-/m1/s1. The smallest absolute Gasteiger partial charge is 0.257 e. The molecule has 1 fully saturated rings. The molecule has 3 rings (SSSR count). The van der Waals surface area contributed by atoms with E-state index < -0.39 is 0 Å². The maximum Gasteiger partial charge on any atom is 0.257 e. The van der Waals surface area contributed by atoms with Crippen LogP contribution >= 0.6 is 0 Å². The van der Waals surface area contributed by atoms with E-state index >= 15 is 0 Å². The van der Waals surface area contributed by atoms with Crippen molar-refractivity contribution in [2.45, 2.75) is 19.3 Å². The van der Waals surface area contributed by atoms with Crippen LogP contribution in [0.4, 0.5) is 4.39 Å². The van der Waals surface area contributed by atoms with Gasteiger partial charge in [-0.05, 0) is 37.1 Å². The Bertz CT molecular complexity index is 700. The van der Waals surface area contributed by atoms with Gasteiger partial charge in [-0.2, -0.15) is 0 Å². The number of aromatic nitrogens is 1. The van der Waals surface area contributed by atoms with Gasteiger partial charge in [-0.1, -0.05) is 12.1 Å². The number of benzene rings is 1. The summed E-state index contributed by atoms with van der Waals surface area (Å²) < 4.78 is 13.0. The van der Waals surface area contributed by atoms with Gasteiger partial charge in [0.05, 0.1) is 11.8 Å². The highest BCUT2D eigenvalue weighted by Crippen LogP contribution is 2.29. The maximum absolute atomic E-state index is 13.0. The van der Waals surface area contributed by atoms with Crippen molar-refractivity contribution in [1.82, 2.24) is 9.88 Å². The van der Waals surface area contributed by atoms with Gasteiger partial charge in [0.2, 0.25) is 0 Å². The highest BCUT2D eigenvalue weighted by Gasteiger charge is 2.29. The number of likely N-dealkylation sites (tertiary alicyclic amines) is 1. The molecule has 1 N–H and O–H groups in total. The molecular weight excluding hydrogens is 283 g/mol. The Morgan fingerprint density at radius 3 is 2.82 bits per heavy atom. The molecule has 22 heavy (non-hydrogen) atoms. The number of aryl methyl sites for hydroxylation is 1. The molecule has 1 aromatic heterocycles. The normalized spacial score (nSPS) is 17.7. The van der Waals surface area contributed by atoms with Gasteiger partial charge in [0.15, 0.2) is 0 Å². The minimum absolute atomic E-state index is 0.0965. The number of nitrogens with zero attached hydrogens (tertiary/aromatic N) is 2. The van der Waals surface area contributed by atoms with Crippen LogP contribution in [0.2, 0.25) is 0 Å². The van der Waals surface area contributed by atoms with Crippen molar-refractivity contribution < 1.29 is 14.3 Å². The van der Waals surface area contributed by atoms with Crippen LogP contribution < -0.4 is 0 Å². The zero-order valence-corrected chi connectivity index (χ0v) is 12.3. The number of rotatable bonds is 2. The van der Waals surface area contributed by atoms with E-state index in [-0.39, 0.29) is 29.0 Å². The summed E-state index contributed by atoms with van der Waals surface area (Å²) in [5.41, 5.74) is 2.01. The summed E-state index contributed by atoms with van der Waals surface area (Å²) in [7, 11) is 0. The van der Waals surface area contributed by atoms with E-state index in [1.807, 2.05) is 0 Å². The third kappa shape index (κ3) is 2.79. The van der Waals surface area contributed by atoms with Crippen LogP contribution in [0.3, 0.4) is 0 Å². The van der Waals surface area contributed by atoms with Crippen LogP contribution in [-0.4, -0.2) is 34.0 Å². The first-order chi connectivity index (χ1) is 10.5. The SMILES string of the molecule is Cc1cc(C(=O)N2CC[C@@H](c3ccc(F)cc3)C2)c(O)cn1. The Morgan fingerprint density at radius 2 is 2.09 bits per heavy atom. The van der Waals surface area contributed by atoms with Gasteiger partial charge < -0.3 is 10.0 Å². The minimum atomic E-state index is -0.258. The summed E-state index contributed by atoms with van der Waals surface area (Å²) in [5.74, 6) is -0.338. The molecule has 2 aromatic rings.